The second kappa shape index (κ2) is 6.70. The highest BCUT2D eigenvalue weighted by Gasteiger charge is 2.26. The van der Waals surface area contributed by atoms with Crippen molar-refractivity contribution in [3.05, 3.63) is 33.4 Å². The highest BCUT2D eigenvalue weighted by Crippen LogP contribution is 2.27. The van der Waals surface area contributed by atoms with Crippen molar-refractivity contribution in [3.63, 3.8) is 0 Å². The molecular weight excluding hydrogens is 292 g/mol. The lowest BCUT2D eigenvalue weighted by atomic mass is 10.1. The molecular formula is C14H18N2O4S. The molecule has 0 radical (unpaired) electrons. The summed E-state index contributed by atoms with van der Waals surface area (Å²) in [6.45, 7) is 5.29. The quantitative estimate of drug-likeness (QED) is 0.458. The van der Waals surface area contributed by atoms with Crippen molar-refractivity contribution in [1.29, 1.82) is 0 Å². The molecule has 6 nitrogen and oxygen atoms in total. The normalized spacial score (nSPS) is 11.4. The number of nitro benzene ring substituents is 1. The summed E-state index contributed by atoms with van der Waals surface area (Å²) in [5.74, 6) is 2.30. The van der Waals surface area contributed by atoms with Gasteiger partial charge in [0.1, 0.15) is 0 Å². The monoisotopic (exact) mass is 310 g/mol. The van der Waals surface area contributed by atoms with E-state index in [1.54, 1.807) is 13.8 Å². The van der Waals surface area contributed by atoms with E-state index in [2.05, 4.69) is 5.92 Å². The van der Waals surface area contributed by atoms with Gasteiger partial charge in [0.25, 0.3) is 5.69 Å². The first kappa shape index (κ1) is 17.1. The molecule has 1 aromatic rings. The minimum Gasteiger partial charge on any atom is -0.258 e. The standard InChI is InChI=1S/C14H18N2O4S/c1-5-7-15(8-6-2)21(19,20)13-9-11(3)12(4)14(10-13)16(17)18/h1,9-10H,6-8H2,2-4H3. The fraction of sp³-hybridized carbons (Fsp3) is 0.429. The molecule has 0 N–H and O–H groups in total. The Bertz CT molecular complexity index is 690. The van der Waals surface area contributed by atoms with Gasteiger partial charge in [0, 0.05) is 18.2 Å². The van der Waals surface area contributed by atoms with Crippen LogP contribution in [0.2, 0.25) is 0 Å². The molecule has 21 heavy (non-hydrogen) atoms. The summed E-state index contributed by atoms with van der Waals surface area (Å²) in [5.41, 5.74) is 0.809. The molecule has 0 bridgehead atoms. The number of aryl methyl sites for hydroxylation is 1. The van der Waals surface area contributed by atoms with Gasteiger partial charge < -0.3 is 0 Å². The molecule has 0 amide bonds. The number of hydrogen-bond acceptors (Lipinski definition) is 4. The Morgan fingerprint density at radius 1 is 1.38 bits per heavy atom. The first-order valence-electron chi connectivity index (χ1n) is 6.45. The van der Waals surface area contributed by atoms with Crippen LogP contribution in [0, 0.1) is 36.3 Å². The minimum absolute atomic E-state index is 0.0586. The first-order chi connectivity index (χ1) is 9.75. The predicted octanol–water partition coefficient (Wildman–Crippen LogP) is 2.25. The SMILES string of the molecule is C#CCN(CCC)S(=O)(=O)c1cc(C)c(C)c([N+](=O)[O-])c1. The molecule has 7 heteroatoms. The van der Waals surface area contributed by atoms with Crippen LogP contribution in [0.15, 0.2) is 17.0 Å². The van der Waals surface area contributed by atoms with Crippen LogP contribution in [0.1, 0.15) is 24.5 Å². The van der Waals surface area contributed by atoms with Crippen LogP contribution in [0.25, 0.3) is 0 Å². The molecule has 0 aliphatic heterocycles. The van der Waals surface area contributed by atoms with E-state index in [1.807, 2.05) is 6.92 Å². The van der Waals surface area contributed by atoms with Gasteiger partial charge in [0.2, 0.25) is 10.0 Å². The molecule has 0 heterocycles. The van der Waals surface area contributed by atoms with Gasteiger partial charge in [-0.25, -0.2) is 8.42 Å². The lowest BCUT2D eigenvalue weighted by molar-refractivity contribution is -0.385. The van der Waals surface area contributed by atoms with E-state index in [4.69, 9.17) is 6.42 Å². The van der Waals surface area contributed by atoms with Crippen molar-refractivity contribution >= 4 is 15.7 Å². The second-order valence-corrected chi connectivity index (χ2v) is 6.62. The Labute approximate surface area is 125 Å². The number of benzene rings is 1. The number of hydrogen-bond donors (Lipinski definition) is 0. The zero-order chi connectivity index (χ0) is 16.2. The fourth-order valence-corrected chi connectivity index (χ4v) is 3.48. The Kier molecular flexibility index (Phi) is 5.47. The first-order valence-corrected chi connectivity index (χ1v) is 7.89. The van der Waals surface area contributed by atoms with E-state index >= 15 is 0 Å². The van der Waals surface area contributed by atoms with Crippen LogP contribution >= 0.6 is 0 Å². The molecule has 0 fully saturated rings. The van der Waals surface area contributed by atoms with E-state index in [1.165, 1.54) is 6.07 Å². The van der Waals surface area contributed by atoms with Gasteiger partial charge in [-0.05, 0) is 31.9 Å². The van der Waals surface area contributed by atoms with Crippen molar-refractivity contribution in [1.82, 2.24) is 4.31 Å². The molecule has 0 aliphatic carbocycles. The molecule has 0 aliphatic rings. The number of nitrogens with zero attached hydrogens (tertiary/aromatic N) is 2. The third-order valence-electron chi connectivity index (χ3n) is 3.19. The van der Waals surface area contributed by atoms with Crippen molar-refractivity contribution in [2.45, 2.75) is 32.1 Å². The van der Waals surface area contributed by atoms with Gasteiger partial charge in [-0.2, -0.15) is 4.31 Å². The largest absolute Gasteiger partial charge is 0.273 e. The third kappa shape index (κ3) is 3.60. The molecule has 0 aromatic heterocycles. The van der Waals surface area contributed by atoms with Crippen LogP contribution in [0.4, 0.5) is 5.69 Å². The molecule has 0 saturated carbocycles. The van der Waals surface area contributed by atoms with Crippen LogP contribution in [0.5, 0.6) is 0 Å². The molecule has 0 saturated heterocycles. The lowest BCUT2D eigenvalue weighted by Crippen LogP contribution is -2.32. The topological polar surface area (TPSA) is 80.5 Å². The number of sulfonamides is 1. The summed E-state index contributed by atoms with van der Waals surface area (Å²) < 4.78 is 26.3. The van der Waals surface area contributed by atoms with Gasteiger partial charge in [0.05, 0.1) is 16.4 Å². The molecule has 1 rings (SSSR count). The maximum atomic E-state index is 12.6. The zero-order valence-electron chi connectivity index (χ0n) is 12.3. The molecule has 0 atom stereocenters. The van der Waals surface area contributed by atoms with Crippen LogP contribution in [-0.2, 0) is 10.0 Å². The minimum atomic E-state index is -3.83. The summed E-state index contributed by atoms with van der Waals surface area (Å²) in [4.78, 5) is 10.4. The van der Waals surface area contributed by atoms with Crippen molar-refractivity contribution in [2.24, 2.45) is 0 Å². The maximum Gasteiger partial charge on any atom is 0.273 e. The smallest absolute Gasteiger partial charge is 0.258 e. The lowest BCUT2D eigenvalue weighted by Gasteiger charge is -2.19. The van der Waals surface area contributed by atoms with Gasteiger partial charge in [-0.15, -0.1) is 6.42 Å². The fourth-order valence-electron chi connectivity index (χ4n) is 1.93. The Balaban J connectivity index is 3.44. The van der Waals surface area contributed by atoms with E-state index in [0.29, 0.717) is 17.5 Å². The van der Waals surface area contributed by atoms with E-state index in [9.17, 15) is 18.5 Å². The summed E-state index contributed by atoms with van der Waals surface area (Å²) in [6.07, 6.45) is 5.81. The van der Waals surface area contributed by atoms with Crippen LogP contribution < -0.4 is 0 Å². The predicted molar refractivity (Wildman–Crippen MR) is 80.5 cm³/mol. The molecule has 114 valence electrons. The highest BCUT2D eigenvalue weighted by atomic mass is 32.2. The number of terminal acetylenes is 1. The number of rotatable bonds is 6. The van der Waals surface area contributed by atoms with Gasteiger partial charge in [0.15, 0.2) is 0 Å². The van der Waals surface area contributed by atoms with E-state index < -0.39 is 14.9 Å². The Hall–Kier alpha value is -1.91. The van der Waals surface area contributed by atoms with Crippen molar-refractivity contribution < 1.29 is 13.3 Å². The number of nitro groups is 1. The van der Waals surface area contributed by atoms with E-state index in [-0.39, 0.29) is 23.7 Å². The molecule has 0 unspecified atom stereocenters. The summed E-state index contributed by atoms with van der Waals surface area (Å²) in [7, 11) is -3.83. The Morgan fingerprint density at radius 2 is 2.00 bits per heavy atom. The molecule has 1 aromatic carbocycles. The van der Waals surface area contributed by atoms with E-state index in [0.717, 1.165) is 10.4 Å². The van der Waals surface area contributed by atoms with Gasteiger partial charge in [-0.3, -0.25) is 10.1 Å². The van der Waals surface area contributed by atoms with Gasteiger partial charge in [-0.1, -0.05) is 12.8 Å². The summed E-state index contributed by atoms with van der Waals surface area (Å²) in [6, 6.07) is 2.54. The maximum absolute atomic E-state index is 12.6. The highest BCUT2D eigenvalue weighted by molar-refractivity contribution is 7.89. The zero-order valence-corrected chi connectivity index (χ0v) is 13.1. The molecule has 0 spiro atoms. The average molecular weight is 310 g/mol. The third-order valence-corrected chi connectivity index (χ3v) is 5.01. The van der Waals surface area contributed by atoms with Crippen LogP contribution in [-0.4, -0.2) is 30.7 Å². The van der Waals surface area contributed by atoms with Crippen molar-refractivity contribution in [2.75, 3.05) is 13.1 Å². The summed E-state index contributed by atoms with van der Waals surface area (Å²) in [5, 5.41) is 11.0. The van der Waals surface area contributed by atoms with Gasteiger partial charge >= 0.3 is 0 Å². The van der Waals surface area contributed by atoms with Crippen molar-refractivity contribution in [3.8, 4) is 12.3 Å². The Morgan fingerprint density at radius 3 is 2.48 bits per heavy atom. The second-order valence-electron chi connectivity index (χ2n) is 4.68. The van der Waals surface area contributed by atoms with Crippen LogP contribution in [0.3, 0.4) is 0 Å². The average Bonchev–Trinajstić information content (AvgIpc) is 2.40. The summed E-state index contributed by atoms with van der Waals surface area (Å²) >= 11 is 0.